The zero-order valence-electron chi connectivity index (χ0n) is 13.8. The predicted octanol–water partition coefficient (Wildman–Crippen LogP) is 2.54. The molecule has 6 nitrogen and oxygen atoms in total. The Kier molecular flexibility index (Phi) is 7.28. The second-order valence-electron chi connectivity index (χ2n) is 4.80. The van der Waals surface area contributed by atoms with Crippen molar-refractivity contribution in [3.63, 3.8) is 0 Å². The number of carbonyl (C=O) groups excluding carboxylic acids is 2. The molecule has 0 saturated carbocycles. The van der Waals surface area contributed by atoms with E-state index < -0.39 is 24.1 Å². The topological polar surface area (TPSA) is 73.9 Å². The number of methoxy groups -OCH3 is 3. The Morgan fingerprint density at radius 1 is 1.16 bits per heavy atom. The summed E-state index contributed by atoms with van der Waals surface area (Å²) in [5.74, 6) is -2.06. The maximum absolute atomic E-state index is 12.5. The van der Waals surface area contributed by atoms with Crippen molar-refractivity contribution in [2.75, 3.05) is 21.3 Å². The number of carbonyl (C=O) groups is 2. The largest absolute Gasteiger partial charge is 0.493 e. The average Bonchev–Trinajstić information content (AvgIpc) is 2.58. The van der Waals surface area contributed by atoms with Crippen LogP contribution in [-0.2, 0) is 14.3 Å². The van der Waals surface area contributed by atoms with Crippen molar-refractivity contribution in [3.8, 4) is 11.5 Å². The molecule has 0 saturated heterocycles. The quantitative estimate of drug-likeness (QED) is 0.597. The van der Waals surface area contributed by atoms with Crippen molar-refractivity contribution in [1.29, 1.82) is 0 Å². The molecule has 9 heteroatoms. The number of halogens is 3. The lowest BCUT2D eigenvalue weighted by Gasteiger charge is -2.20. The molecule has 1 amide bonds. The van der Waals surface area contributed by atoms with Gasteiger partial charge in [0.05, 0.1) is 27.4 Å². The summed E-state index contributed by atoms with van der Waals surface area (Å²) in [6.07, 6.45) is -2.72. The Morgan fingerprint density at radius 2 is 1.80 bits per heavy atom. The van der Waals surface area contributed by atoms with Crippen molar-refractivity contribution in [1.82, 2.24) is 5.32 Å². The molecule has 0 aliphatic heterocycles. The van der Waals surface area contributed by atoms with Gasteiger partial charge >= 0.3 is 18.1 Å². The Bertz CT molecular complexity index is 643. The van der Waals surface area contributed by atoms with Crippen LogP contribution in [0.25, 0.3) is 0 Å². The molecule has 138 valence electrons. The molecule has 1 aromatic carbocycles. The molecule has 0 bridgehead atoms. The Hall–Kier alpha value is -2.71. The van der Waals surface area contributed by atoms with Crippen LogP contribution in [0.4, 0.5) is 13.2 Å². The number of alkyl halides is 3. The first-order valence-corrected chi connectivity index (χ1v) is 7.07. The molecule has 0 aliphatic carbocycles. The monoisotopic (exact) mass is 361 g/mol. The van der Waals surface area contributed by atoms with Gasteiger partial charge in [0.25, 0.3) is 0 Å². The number of nitrogens with one attached hydrogen (secondary N) is 1. The molecule has 1 atom stereocenters. The summed E-state index contributed by atoms with van der Waals surface area (Å²) in [4.78, 5) is 22.4. The van der Waals surface area contributed by atoms with Gasteiger partial charge in [-0.2, -0.15) is 13.2 Å². The van der Waals surface area contributed by atoms with E-state index >= 15 is 0 Å². The van der Waals surface area contributed by atoms with Gasteiger partial charge < -0.3 is 19.5 Å². The molecule has 0 heterocycles. The van der Waals surface area contributed by atoms with Crippen LogP contribution < -0.4 is 14.8 Å². The first-order chi connectivity index (χ1) is 11.7. The minimum absolute atomic E-state index is 0.0631. The summed E-state index contributed by atoms with van der Waals surface area (Å²) in [7, 11) is 3.96. The summed E-state index contributed by atoms with van der Waals surface area (Å²) < 4.78 is 52.2. The van der Waals surface area contributed by atoms with Crippen LogP contribution in [0.1, 0.15) is 18.0 Å². The average molecular weight is 361 g/mol. The highest BCUT2D eigenvalue weighted by Crippen LogP contribution is 2.31. The molecule has 1 aromatic rings. The fourth-order valence-corrected chi connectivity index (χ4v) is 1.96. The highest BCUT2D eigenvalue weighted by Gasteiger charge is 2.39. The molecule has 25 heavy (non-hydrogen) atoms. The zero-order valence-corrected chi connectivity index (χ0v) is 13.8. The van der Waals surface area contributed by atoms with E-state index in [0.717, 1.165) is 6.08 Å². The normalized spacial score (nSPS) is 12.6. The second kappa shape index (κ2) is 8.95. The summed E-state index contributed by atoms with van der Waals surface area (Å²) >= 11 is 0. The molecular weight excluding hydrogens is 343 g/mol. The summed E-state index contributed by atoms with van der Waals surface area (Å²) in [5.41, 5.74) is 0.352. The first-order valence-electron chi connectivity index (χ1n) is 7.07. The van der Waals surface area contributed by atoms with Crippen LogP contribution in [0.5, 0.6) is 11.5 Å². The third-order valence-electron chi connectivity index (χ3n) is 3.20. The van der Waals surface area contributed by atoms with E-state index in [1.807, 2.05) is 5.32 Å². The molecule has 0 radical (unpaired) electrons. The predicted molar refractivity (Wildman–Crippen MR) is 82.3 cm³/mol. The van der Waals surface area contributed by atoms with Crippen molar-refractivity contribution < 1.29 is 37.0 Å². The van der Waals surface area contributed by atoms with E-state index in [4.69, 9.17) is 9.47 Å². The van der Waals surface area contributed by atoms with Gasteiger partial charge in [0, 0.05) is 6.08 Å². The number of ether oxygens (including phenoxy) is 3. The van der Waals surface area contributed by atoms with Gasteiger partial charge in [-0.15, -0.1) is 0 Å². The molecule has 0 aromatic heterocycles. The smallest absolute Gasteiger partial charge is 0.471 e. The van der Waals surface area contributed by atoms with Crippen LogP contribution in [0.15, 0.2) is 30.4 Å². The molecule has 0 spiro atoms. The number of hydrogen-bond donors (Lipinski definition) is 1. The molecular formula is C16H18F3NO5. The van der Waals surface area contributed by atoms with E-state index in [0.29, 0.717) is 17.1 Å². The van der Waals surface area contributed by atoms with Crippen molar-refractivity contribution in [3.05, 3.63) is 35.9 Å². The van der Waals surface area contributed by atoms with Gasteiger partial charge in [0.1, 0.15) is 0 Å². The highest BCUT2D eigenvalue weighted by atomic mass is 19.4. The summed E-state index contributed by atoms with van der Waals surface area (Å²) in [5, 5.41) is 1.89. The Morgan fingerprint density at radius 3 is 2.32 bits per heavy atom. The molecule has 0 aliphatic rings. The summed E-state index contributed by atoms with van der Waals surface area (Å²) in [6, 6.07) is 3.42. The second-order valence-corrected chi connectivity index (χ2v) is 4.80. The third-order valence-corrected chi connectivity index (χ3v) is 3.20. The SMILES string of the molecule is COC(=O)/C=C/CC(NC(=O)C(F)(F)F)c1ccc(OC)c(OC)c1. The lowest BCUT2D eigenvalue weighted by molar-refractivity contribution is -0.174. The molecule has 0 fully saturated rings. The van der Waals surface area contributed by atoms with E-state index in [2.05, 4.69) is 4.74 Å². The maximum atomic E-state index is 12.5. The van der Waals surface area contributed by atoms with E-state index in [1.54, 1.807) is 0 Å². The fourth-order valence-electron chi connectivity index (χ4n) is 1.96. The van der Waals surface area contributed by atoms with E-state index in [-0.39, 0.29) is 6.42 Å². The standard InChI is InChI=1S/C16H18F3NO5/c1-23-12-8-7-10(9-13(12)24-2)11(5-4-6-14(21)25-3)20-15(22)16(17,18)19/h4,6-9,11H,5H2,1-3H3,(H,20,22)/b6-4+. The third kappa shape index (κ3) is 6.02. The van der Waals surface area contributed by atoms with Crippen LogP contribution in [0.3, 0.4) is 0 Å². The van der Waals surface area contributed by atoms with Crippen molar-refractivity contribution in [2.45, 2.75) is 18.6 Å². The van der Waals surface area contributed by atoms with E-state index in [9.17, 15) is 22.8 Å². The molecule has 1 rings (SSSR count). The van der Waals surface area contributed by atoms with Crippen LogP contribution in [0, 0.1) is 0 Å². The first kappa shape index (κ1) is 20.3. The van der Waals surface area contributed by atoms with E-state index in [1.165, 1.54) is 45.6 Å². The van der Waals surface area contributed by atoms with Crippen LogP contribution >= 0.6 is 0 Å². The number of amides is 1. The van der Waals surface area contributed by atoms with Crippen LogP contribution in [0.2, 0.25) is 0 Å². The number of hydrogen-bond acceptors (Lipinski definition) is 5. The van der Waals surface area contributed by atoms with Gasteiger partial charge in [-0.3, -0.25) is 4.79 Å². The Balaban J connectivity index is 3.10. The van der Waals surface area contributed by atoms with Gasteiger partial charge in [-0.1, -0.05) is 12.1 Å². The number of rotatable bonds is 7. The van der Waals surface area contributed by atoms with Crippen molar-refractivity contribution in [2.24, 2.45) is 0 Å². The number of benzene rings is 1. The summed E-state index contributed by atoms with van der Waals surface area (Å²) in [6.45, 7) is 0. The van der Waals surface area contributed by atoms with Crippen molar-refractivity contribution >= 4 is 11.9 Å². The highest BCUT2D eigenvalue weighted by molar-refractivity contribution is 5.82. The fraction of sp³-hybridized carbons (Fsp3) is 0.375. The minimum Gasteiger partial charge on any atom is -0.493 e. The lowest BCUT2D eigenvalue weighted by Crippen LogP contribution is -2.39. The van der Waals surface area contributed by atoms with Crippen LogP contribution in [-0.4, -0.2) is 39.4 Å². The molecule has 1 N–H and O–H groups in total. The maximum Gasteiger partial charge on any atom is 0.471 e. The Labute approximate surface area is 142 Å². The number of esters is 1. The van der Waals surface area contributed by atoms with Gasteiger partial charge in [0.15, 0.2) is 11.5 Å². The van der Waals surface area contributed by atoms with Gasteiger partial charge in [0.2, 0.25) is 0 Å². The zero-order chi connectivity index (χ0) is 19.0. The van der Waals surface area contributed by atoms with Gasteiger partial charge in [-0.25, -0.2) is 4.79 Å². The minimum atomic E-state index is -5.03. The van der Waals surface area contributed by atoms with Gasteiger partial charge in [-0.05, 0) is 24.1 Å². The molecule has 1 unspecified atom stereocenters. The lowest BCUT2D eigenvalue weighted by atomic mass is 10.0.